The van der Waals surface area contributed by atoms with Gasteiger partial charge in [0.2, 0.25) is 0 Å². The van der Waals surface area contributed by atoms with Crippen molar-refractivity contribution < 1.29 is 4.74 Å². The van der Waals surface area contributed by atoms with E-state index in [0.717, 1.165) is 32.5 Å². The molecule has 0 saturated carbocycles. The van der Waals surface area contributed by atoms with E-state index in [0.29, 0.717) is 12.0 Å². The van der Waals surface area contributed by atoms with Crippen molar-refractivity contribution in [2.75, 3.05) is 13.2 Å². The topological polar surface area (TPSA) is 47.3 Å². The summed E-state index contributed by atoms with van der Waals surface area (Å²) >= 11 is 0. The van der Waals surface area contributed by atoms with Gasteiger partial charge < -0.3 is 4.74 Å². The van der Waals surface area contributed by atoms with Gasteiger partial charge in [0, 0.05) is 19.3 Å². The van der Waals surface area contributed by atoms with E-state index in [1.807, 2.05) is 6.92 Å². The number of hydrogen-bond acceptors (Lipinski definition) is 3. The molecule has 20 heavy (non-hydrogen) atoms. The van der Waals surface area contributed by atoms with Crippen molar-refractivity contribution in [3.8, 4) is 0 Å². The molecule has 0 aliphatic heterocycles. The van der Waals surface area contributed by atoms with Gasteiger partial charge in [-0.25, -0.2) is 0 Å². The zero-order chi connectivity index (χ0) is 14.2. The van der Waals surface area contributed by atoms with Gasteiger partial charge in [0.1, 0.15) is 0 Å². The van der Waals surface area contributed by atoms with Crippen LogP contribution >= 0.6 is 0 Å². The summed E-state index contributed by atoms with van der Waals surface area (Å²) in [6.07, 6.45) is 7.14. The largest absolute Gasteiger partial charge is 0.382 e. The van der Waals surface area contributed by atoms with Gasteiger partial charge in [-0.3, -0.25) is 11.3 Å². The highest BCUT2D eigenvalue weighted by molar-refractivity contribution is 5.32. The third kappa shape index (κ3) is 4.30. The lowest BCUT2D eigenvalue weighted by Crippen LogP contribution is -2.37. The molecule has 3 nitrogen and oxygen atoms in total. The average Bonchev–Trinajstić information content (AvgIpc) is 2.50. The molecule has 3 heteroatoms. The Labute approximate surface area is 122 Å². The molecule has 2 atom stereocenters. The molecule has 0 fully saturated rings. The number of hydrogen-bond donors (Lipinski definition) is 2. The second-order valence-corrected chi connectivity index (χ2v) is 5.73. The summed E-state index contributed by atoms with van der Waals surface area (Å²) in [4.78, 5) is 0. The van der Waals surface area contributed by atoms with Crippen molar-refractivity contribution in [3.63, 3.8) is 0 Å². The van der Waals surface area contributed by atoms with E-state index in [1.165, 1.54) is 24.8 Å². The fourth-order valence-corrected chi connectivity index (χ4v) is 3.29. The Bertz CT molecular complexity index is 394. The third-order valence-corrected chi connectivity index (χ3v) is 4.34. The van der Waals surface area contributed by atoms with E-state index in [4.69, 9.17) is 10.6 Å². The van der Waals surface area contributed by atoms with Crippen molar-refractivity contribution >= 4 is 0 Å². The zero-order valence-electron chi connectivity index (χ0n) is 12.6. The van der Waals surface area contributed by atoms with Crippen LogP contribution in [0.15, 0.2) is 24.3 Å². The monoisotopic (exact) mass is 276 g/mol. The Kier molecular flexibility index (Phi) is 6.51. The van der Waals surface area contributed by atoms with E-state index in [2.05, 4.69) is 29.7 Å². The number of nitrogens with one attached hydrogen (secondary N) is 1. The molecule has 0 saturated heterocycles. The number of benzene rings is 1. The van der Waals surface area contributed by atoms with Crippen LogP contribution in [0.3, 0.4) is 0 Å². The van der Waals surface area contributed by atoms with E-state index < -0.39 is 0 Å². The van der Waals surface area contributed by atoms with E-state index in [9.17, 15) is 0 Å². The summed E-state index contributed by atoms with van der Waals surface area (Å²) in [5.74, 6) is 6.39. The van der Waals surface area contributed by atoms with Gasteiger partial charge >= 0.3 is 0 Å². The van der Waals surface area contributed by atoms with E-state index in [-0.39, 0.29) is 0 Å². The van der Waals surface area contributed by atoms with Crippen LogP contribution in [0.2, 0.25) is 0 Å². The van der Waals surface area contributed by atoms with Crippen molar-refractivity contribution in [1.82, 2.24) is 5.43 Å². The molecule has 1 aliphatic carbocycles. The molecule has 0 bridgehead atoms. The summed E-state index contributed by atoms with van der Waals surface area (Å²) in [5, 5.41) is 0. The number of fused-ring (bicyclic) bond motifs is 1. The van der Waals surface area contributed by atoms with Gasteiger partial charge in [0.25, 0.3) is 0 Å². The average molecular weight is 276 g/mol. The first-order chi connectivity index (χ1) is 9.85. The number of rotatable bonds is 8. The highest BCUT2D eigenvalue weighted by atomic mass is 16.5. The van der Waals surface area contributed by atoms with Gasteiger partial charge in [-0.2, -0.15) is 0 Å². The van der Waals surface area contributed by atoms with Crippen LogP contribution < -0.4 is 11.3 Å². The standard InChI is InChI=1S/C17H28N2O/c1-2-20-12-6-10-16(19-18)13-15-9-5-8-14-7-3-4-11-17(14)15/h3-4,7,11,15-16,19H,2,5-6,8-10,12-13,18H2,1H3. The highest BCUT2D eigenvalue weighted by Gasteiger charge is 2.22. The van der Waals surface area contributed by atoms with Crippen LogP contribution in [0.5, 0.6) is 0 Å². The molecule has 2 rings (SSSR count). The van der Waals surface area contributed by atoms with Crippen molar-refractivity contribution in [3.05, 3.63) is 35.4 Å². The minimum atomic E-state index is 0.395. The summed E-state index contributed by atoms with van der Waals surface area (Å²) in [7, 11) is 0. The Morgan fingerprint density at radius 3 is 3.05 bits per heavy atom. The predicted molar refractivity (Wildman–Crippen MR) is 83.6 cm³/mol. The smallest absolute Gasteiger partial charge is 0.0466 e. The molecule has 0 amide bonds. The molecule has 0 radical (unpaired) electrons. The third-order valence-electron chi connectivity index (χ3n) is 4.34. The molecule has 1 aliphatic rings. The van der Waals surface area contributed by atoms with Crippen LogP contribution in [0.25, 0.3) is 0 Å². The maximum atomic E-state index is 5.73. The van der Waals surface area contributed by atoms with Gasteiger partial charge in [-0.15, -0.1) is 0 Å². The molecule has 3 N–H and O–H groups in total. The molecule has 0 aromatic heterocycles. The fourth-order valence-electron chi connectivity index (χ4n) is 3.29. The molecule has 2 unspecified atom stereocenters. The minimum absolute atomic E-state index is 0.395. The summed E-state index contributed by atoms with van der Waals surface area (Å²) in [6.45, 7) is 3.68. The van der Waals surface area contributed by atoms with Gasteiger partial charge in [-0.05, 0) is 62.5 Å². The van der Waals surface area contributed by atoms with Crippen molar-refractivity contribution in [2.45, 2.75) is 57.4 Å². The lowest BCUT2D eigenvalue weighted by molar-refractivity contribution is 0.140. The number of aryl methyl sites for hydroxylation is 1. The summed E-state index contributed by atoms with van der Waals surface area (Å²) < 4.78 is 5.41. The molecule has 1 aromatic rings. The van der Waals surface area contributed by atoms with Crippen molar-refractivity contribution in [2.24, 2.45) is 5.84 Å². The van der Waals surface area contributed by atoms with Crippen molar-refractivity contribution in [1.29, 1.82) is 0 Å². The molecule has 0 spiro atoms. The second-order valence-electron chi connectivity index (χ2n) is 5.73. The quantitative estimate of drug-likeness (QED) is 0.435. The van der Waals surface area contributed by atoms with E-state index in [1.54, 1.807) is 5.56 Å². The summed E-state index contributed by atoms with van der Waals surface area (Å²) in [6, 6.07) is 9.29. The first-order valence-electron chi connectivity index (χ1n) is 7.96. The Hall–Kier alpha value is -0.900. The lowest BCUT2D eigenvalue weighted by atomic mass is 9.79. The first kappa shape index (κ1) is 15.5. The minimum Gasteiger partial charge on any atom is -0.382 e. The lowest BCUT2D eigenvalue weighted by Gasteiger charge is -2.28. The number of ether oxygens (including phenoxy) is 1. The maximum Gasteiger partial charge on any atom is 0.0466 e. The Morgan fingerprint density at radius 2 is 2.25 bits per heavy atom. The van der Waals surface area contributed by atoms with Crippen LogP contribution in [-0.2, 0) is 11.2 Å². The Balaban J connectivity index is 1.88. The number of hydrazine groups is 1. The second kappa shape index (κ2) is 8.40. The van der Waals surface area contributed by atoms with Crippen LogP contribution in [0, 0.1) is 0 Å². The normalized spacial score (nSPS) is 19.6. The molecule has 0 heterocycles. The molecule has 112 valence electrons. The predicted octanol–water partition coefficient (Wildman–Crippen LogP) is 3.15. The summed E-state index contributed by atoms with van der Waals surface area (Å²) in [5.41, 5.74) is 6.08. The molecule has 1 aromatic carbocycles. The number of nitrogens with two attached hydrogens (primary N) is 1. The molecular weight excluding hydrogens is 248 g/mol. The maximum absolute atomic E-state index is 5.73. The SMILES string of the molecule is CCOCCCC(CC1CCCc2ccccc21)NN. The van der Waals surface area contributed by atoms with E-state index >= 15 is 0 Å². The van der Waals surface area contributed by atoms with Crippen LogP contribution in [-0.4, -0.2) is 19.3 Å². The van der Waals surface area contributed by atoms with Gasteiger partial charge in [0.05, 0.1) is 0 Å². The highest BCUT2D eigenvalue weighted by Crippen LogP contribution is 2.35. The zero-order valence-corrected chi connectivity index (χ0v) is 12.6. The Morgan fingerprint density at radius 1 is 1.40 bits per heavy atom. The van der Waals surface area contributed by atoms with Gasteiger partial charge in [-0.1, -0.05) is 24.3 Å². The first-order valence-corrected chi connectivity index (χ1v) is 7.96. The van der Waals surface area contributed by atoms with Crippen LogP contribution in [0.4, 0.5) is 0 Å². The fraction of sp³-hybridized carbons (Fsp3) is 0.647. The van der Waals surface area contributed by atoms with Gasteiger partial charge in [0.15, 0.2) is 0 Å². The molecular formula is C17H28N2O. The van der Waals surface area contributed by atoms with Crippen LogP contribution in [0.1, 0.15) is 56.1 Å².